The molecule has 0 amide bonds. The van der Waals surface area contributed by atoms with Crippen LogP contribution in [0.15, 0.2) is 24.4 Å². The smallest absolute Gasteiger partial charge is 0.399 e. The Hall–Kier alpha value is -1.33. The Labute approximate surface area is 126 Å². The average Bonchev–Trinajstić information content (AvgIpc) is 2.97. The third kappa shape index (κ3) is 2.60. The second kappa shape index (κ2) is 5.46. The van der Waals surface area contributed by atoms with Crippen LogP contribution in [0.5, 0.6) is 0 Å². The molecule has 0 unspecified atom stereocenters. The maximum absolute atomic E-state index is 13.7. The van der Waals surface area contributed by atoms with Crippen molar-refractivity contribution in [1.29, 1.82) is 0 Å². The van der Waals surface area contributed by atoms with Crippen molar-refractivity contribution in [3.05, 3.63) is 30.2 Å². The topological polar surface area (TPSA) is 34.2 Å². The lowest BCUT2D eigenvalue weighted by molar-refractivity contribution is 0.00578. The van der Waals surface area contributed by atoms with Crippen LogP contribution in [0.25, 0.3) is 10.9 Å². The van der Waals surface area contributed by atoms with Gasteiger partial charge in [-0.05, 0) is 45.3 Å². The number of nitrogens with one attached hydrogen (secondary N) is 1. The number of aromatic amines is 1. The minimum Gasteiger partial charge on any atom is -0.399 e. The van der Waals surface area contributed by atoms with Crippen molar-refractivity contribution < 1.29 is 13.7 Å². The fourth-order valence-corrected chi connectivity index (χ4v) is 2.32. The van der Waals surface area contributed by atoms with E-state index in [0.717, 1.165) is 10.8 Å². The zero-order chi connectivity index (χ0) is 15.8. The molecule has 2 heterocycles. The average molecular weight is 291 g/mol. The molecule has 0 spiro atoms. The van der Waals surface area contributed by atoms with Gasteiger partial charge in [0.15, 0.2) is 0 Å². The fraction of sp³-hybridized carbons (Fsp3) is 0.500. The lowest BCUT2D eigenvalue weighted by Crippen LogP contribution is -2.41. The molecule has 0 radical (unpaired) electrons. The van der Waals surface area contributed by atoms with E-state index in [1.54, 1.807) is 12.3 Å². The monoisotopic (exact) mass is 291 g/mol. The summed E-state index contributed by atoms with van der Waals surface area (Å²) in [6.07, 6.45) is 1.72. The van der Waals surface area contributed by atoms with Crippen LogP contribution in [0.3, 0.4) is 0 Å². The van der Waals surface area contributed by atoms with E-state index >= 15 is 0 Å². The molecule has 1 aliphatic heterocycles. The molecular weight excluding hydrogens is 268 g/mol. The van der Waals surface area contributed by atoms with E-state index in [1.807, 2.05) is 47.6 Å². The third-order valence-corrected chi connectivity index (χ3v) is 4.21. The highest BCUT2D eigenvalue weighted by atomic mass is 19.1. The number of H-pyrrole nitrogens is 1. The van der Waals surface area contributed by atoms with E-state index in [2.05, 4.69) is 4.98 Å². The van der Waals surface area contributed by atoms with Gasteiger partial charge in [-0.3, -0.25) is 0 Å². The first kappa shape index (κ1) is 16.1. The van der Waals surface area contributed by atoms with E-state index in [0.29, 0.717) is 5.52 Å². The van der Waals surface area contributed by atoms with Crippen LogP contribution in [0.1, 0.15) is 41.5 Å². The first-order valence-corrected chi connectivity index (χ1v) is 7.43. The van der Waals surface area contributed by atoms with Crippen molar-refractivity contribution in [2.24, 2.45) is 0 Å². The molecule has 1 N–H and O–H groups in total. The highest BCUT2D eigenvalue weighted by molar-refractivity contribution is 6.65. The first-order valence-electron chi connectivity index (χ1n) is 7.43. The molecule has 5 heteroatoms. The Balaban J connectivity index is 0.000000774. The second-order valence-corrected chi connectivity index (χ2v) is 5.99. The Bertz CT molecular complexity index is 620. The number of benzene rings is 1. The molecule has 1 aromatic carbocycles. The molecule has 1 saturated heterocycles. The van der Waals surface area contributed by atoms with Crippen LogP contribution in [0, 0.1) is 5.82 Å². The van der Waals surface area contributed by atoms with E-state index in [4.69, 9.17) is 9.31 Å². The van der Waals surface area contributed by atoms with Gasteiger partial charge in [0, 0.05) is 11.6 Å². The van der Waals surface area contributed by atoms with Crippen molar-refractivity contribution >= 4 is 23.5 Å². The second-order valence-electron chi connectivity index (χ2n) is 5.99. The normalized spacial score (nSPS) is 19.5. The number of aromatic nitrogens is 1. The molecule has 3 rings (SSSR count). The van der Waals surface area contributed by atoms with Gasteiger partial charge in [0.05, 0.1) is 16.7 Å². The predicted octanol–water partition coefficient (Wildman–Crippen LogP) is 3.63. The summed E-state index contributed by atoms with van der Waals surface area (Å²) in [4.78, 5) is 2.91. The zero-order valence-electron chi connectivity index (χ0n) is 13.6. The van der Waals surface area contributed by atoms with E-state index in [-0.39, 0.29) is 5.82 Å². The van der Waals surface area contributed by atoms with Crippen LogP contribution in [0.2, 0.25) is 0 Å². The number of hydrogen-bond acceptors (Lipinski definition) is 2. The van der Waals surface area contributed by atoms with Crippen LogP contribution >= 0.6 is 0 Å². The number of rotatable bonds is 1. The molecule has 114 valence electrons. The van der Waals surface area contributed by atoms with Gasteiger partial charge in [-0.1, -0.05) is 19.9 Å². The lowest BCUT2D eigenvalue weighted by Gasteiger charge is -2.32. The quantitative estimate of drug-likeness (QED) is 0.814. The largest absolute Gasteiger partial charge is 0.495 e. The molecule has 0 aliphatic carbocycles. The van der Waals surface area contributed by atoms with E-state index in [1.165, 1.54) is 6.07 Å². The van der Waals surface area contributed by atoms with Crippen molar-refractivity contribution in [2.75, 3.05) is 0 Å². The van der Waals surface area contributed by atoms with Gasteiger partial charge in [-0.15, -0.1) is 0 Å². The van der Waals surface area contributed by atoms with E-state index < -0.39 is 18.3 Å². The Morgan fingerprint density at radius 3 is 2.14 bits per heavy atom. The van der Waals surface area contributed by atoms with Gasteiger partial charge in [-0.2, -0.15) is 0 Å². The summed E-state index contributed by atoms with van der Waals surface area (Å²) >= 11 is 0. The van der Waals surface area contributed by atoms with Crippen LogP contribution in [-0.2, 0) is 9.31 Å². The molecular formula is C16H23BFNO2. The van der Waals surface area contributed by atoms with Gasteiger partial charge in [-0.25, -0.2) is 4.39 Å². The number of fused-ring (bicyclic) bond motifs is 1. The summed E-state index contributed by atoms with van der Waals surface area (Å²) in [5.74, 6) is -0.264. The van der Waals surface area contributed by atoms with Gasteiger partial charge in [0.2, 0.25) is 0 Å². The van der Waals surface area contributed by atoms with Gasteiger partial charge < -0.3 is 14.3 Å². The maximum Gasteiger partial charge on any atom is 0.495 e. The fourth-order valence-electron chi connectivity index (χ4n) is 2.32. The van der Waals surface area contributed by atoms with Crippen LogP contribution < -0.4 is 5.46 Å². The number of halogens is 1. The summed E-state index contributed by atoms with van der Waals surface area (Å²) in [5.41, 5.74) is 0.562. The predicted molar refractivity (Wildman–Crippen MR) is 85.3 cm³/mol. The van der Waals surface area contributed by atoms with Crippen molar-refractivity contribution in [1.82, 2.24) is 4.98 Å². The molecule has 1 aromatic heterocycles. The highest BCUT2D eigenvalue weighted by Crippen LogP contribution is 2.37. The van der Waals surface area contributed by atoms with E-state index in [9.17, 15) is 4.39 Å². The first-order chi connectivity index (χ1) is 9.82. The summed E-state index contributed by atoms with van der Waals surface area (Å²) in [6.45, 7) is 12.0. The van der Waals surface area contributed by atoms with Crippen molar-refractivity contribution in [3.8, 4) is 0 Å². The SMILES string of the molecule is CC.CC1(C)OB(c2ccc(F)c3[nH]ccc23)OC1(C)C. The Morgan fingerprint density at radius 1 is 1.00 bits per heavy atom. The lowest BCUT2D eigenvalue weighted by atomic mass is 9.77. The van der Waals surface area contributed by atoms with Crippen molar-refractivity contribution in [2.45, 2.75) is 52.7 Å². The number of hydrogen-bond donors (Lipinski definition) is 1. The summed E-state index contributed by atoms with van der Waals surface area (Å²) in [6, 6.07) is 5.02. The van der Waals surface area contributed by atoms with Gasteiger partial charge in [0.1, 0.15) is 5.82 Å². The zero-order valence-corrected chi connectivity index (χ0v) is 13.6. The summed E-state index contributed by atoms with van der Waals surface area (Å²) in [5, 5.41) is 0.804. The molecule has 1 aliphatic rings. The van der Waals surface area contributed by atoms with Gasteiger partial charge >= 0.3 is 7.12 Å². The molecule has 0 bridgehead atoms. The minimum absolute atomic E-state index is 0.264. The van der Waals surface area contributed by atoms with Gasteiger partial charge in [0.25, 0.3) is 0 Å². The molecule has 2 aromatic rings. The van der Waals surface area contributed by atoms with Crippen molar-refractivity contribution in [3.63, 3.8) is 0 Å². The molecule has 0 saturated carbocycles. The molecule has 1 fully saturated rings. The summed E-state index contributed by atoms with van der Waals surface area (Å²) in [7, 11) is -0.469. The highest BCUT2D eigenvalue weighted by Gasteiger charge is 2.52. The Kier molecular flexibility index (Phi) is 4.18. The maximum atomic E-state index is 13.7. The standard InChI is InChI=1S/C14H17BFNO2.C2H6/c1-13(2)14(3,4)19-15(18-13)10-5-6-11(16)12-9(10)7-8-17-12;1-2/h5-8,17H,1-4H3;1-2H3. The molecule has 3 nitrogen and oxygen atoms in total. The minimum atomic E-state index is -0.469. The van der Waals surface area contributed by atoms with Crippen LogP contribution in [0.4, 0.5) is 4.39 Å². The molecule has 0 atom stereocenters. The third-order valence-electron chi connectivity index (χ3n) is 4.21. The molecule has 21 heavy (non-hydrogen) atoms. The van der Waals surface area contributed by atoms with Crippen LogP contribution in [-0.4, -0.2) is 23.3 Å². The Morgan fingerprint density at radius 2 is 1.57 bits per heavy atom. The summed E-state index contributed by atoms with van der Waals surface area (Å²) < 4.78 is 25.7.